The van der Waals surface area contributed by atoms with E-state index in [0.29, 0.717) is 18.3 Å². The van der Waals surface area contributed by atoms with E-state index in [1.54, 1.807) is 19.4 Å². The van der Waals surface area contributed by atoms with Crippen molar-refractivity contribution in [3.05, 3.63) is 88.7 Å². The molecule has 1 heterocycles. The highest BCUT2D eigenvalue weighted by Gasteiger charge is 2.12. The Morgan fingerprint density at radius 3 is 2.36 bits per heavy atom. The zero-order valence-electron chi connectivity index (χ0n) is 16.3. The molecule has 146 valence electrons. The number of anilines is 2. The lowest BCUT2D eigenvalue weighted by Gasteiger charge is -2.22. The van der Waals surface area contributed by atoms with Gasteiger partial charge in [-0.15, -0.1) is 0 Å². The Morgan fingerprint density at radius 1 is 0.964 bits per heavy atom. The number of rotatable bonds is 9. The van der Waals surface area contributed by atoms with Crippen LogP contribution in [-0.2, 0) is 17.7 Å². The van der Waals surface area contributed by atoms with Crippen LogP contribution in [0.15, 0.2) is 66.9 Å². The molecule has 28 heavy (non-hydrogen) atoms. The molecule has 3 rings (SSSR count). The van der Waals surface area contributed by atoms with Crippen molar-refractivity contribution in [2.24, 2.45) is 0 Å². The molecule has 0 aliphatic heterocycles. The maximum Gasteiger partial charge on any atom is 0.129 e. The second kappa shape index (κ2) is 10.1. The van der Waals surface area contributed by atoms with Gasteiger partial charge in [-0.05, 0) is 42.7 Å². The Morgan fingerprint density at radius 2 is 1.68 bits per heavy atom. The van der Waals surface area contributed by atoms with Gasteiger partial charge in [0.15, 0.2) is 0 Å². The smallest absolute Gasteiger partial charge is 0.129 e. The van der Waals surface area contributed by atoms with E-state index in [2.05, 4.69) is 58.9 Å². The third-order valence-corrected chi connectivity index (χ3v) is 4.75. The molecule has 0 saturated heterocycles. The van der Waals surface area contributed by atoms with Crippen LogP contribution < -0.4 is 10.6 Å². The number of nitrogens with one attached hydrogen (secondary N) is 2. The van der Waals surface area contributed by atoms with Gasteiger partial charge in [0.2, 0.25) is 0 Å². The molecule has 0 saturated carbocycles. The maximum absolute atomic E-state index is 5.86. The van der Waals surface area contributed by atoms with Gasteiger partial charge in [0.05, 0.1) is 24.0 Å². The van der Waals surface area contributed by atoms with Crippen LogP contribution in [0.25, 0.3) is 0 Å². The van der Waals surface area contributed by atoms with E-state index in [9.17, 15) is 0 Å². The van der Waals surface area contributed by atoms with Gasteiger partial charge in [-0.3, -0.25) is 0 Å². The molecule has 2 N–H and O–H groups in total. The Kier molecular flexibility index (Phi) is 7.29. The number of hydrogen-bond acceptors (Lipinski definition) is 4. The van der Waals surface area contributed by atoms with Crippen molar-refractivity contribution >= 4 is 23.0 Å². The molecule has 0 amide bonds. The van der Waals surface area contributed by atoms with Crippen molar-refractivity contribution in [3.63, 3.8) is 0 Å². The Bertz CT molecular complexity index is 866. The molecular formula is C23H26ClN3O. The number of methoxy groups -OCH3 is 1. The number of benzene rings is 2. The molecule has 4 nitrogen and oxygen atoms in total. The van der Waals surface area contributed by atoms with Crippen LogP contribution >= 0.6 is 11.6 Å². The largest absolute Gasteiger partial charge is 0.383 e. The number of aryl methyl sites for hydroxylation is 1. The zero-order valence-corrected chi connectivity index (χ0v) is 17.0. The van der Waals surface area contributed by atoms with Crippen molar-refractivity contribution in [2.75, 3.05) is 24.4 Å². The van der Waals surface area contributed by atoms with Crippen molar-refractivity contribution < 1.29 is 4.74 Å². The summed E-state index contributed by atoms with van der Waals surface area (Å²) in [6.45, 7) is 3.41. The Hall–Kier alpha value is -2.56. The first-order chi connectivity index (χ1) is 13.6. The standard InChI is InChI=1S/C23H26ClN3O/c1-17-7-9-18(10-8-17)13-20(16-28-2)27-22-6-4-3-5-21(22)25-14-19-11-12-23(24)26-15-19/h3-12,15,20,25,27H,13-14,16H2,1-2H3/t20-/m0/s1. The van der Waals surface area contributed by atoms with E-state index in [0.717, 1.165) is 23.4 Å². The molecule has 0 aliphatic carbocycles. The summed E-state index contributed by atoms with van der Waals surface area (Å²) in [6.07, 6.45) is 2.68. The Labute approximate surface area is 171 Å². The monoisotopic (exact) mass is 395 g/mol. The van der Waals surface area contributed by atoms with Crippen molar-refractivity contribution in [1.82, 2.24) is 4.98 Å². The predicted molar refractivity (Wildman–Crippen MR) is 117 cm³/mol. The molecule has 2 aromatic carbocycles. The number of aromatic nitrogens is 1. The highest BCUT2D eigenvalue weighted by Crippen LogP contribution is 2.23. The van der Waals surface area contributed by atoms with Crippen LogP contribution in [0.3, 0.4) is 0 Å². The summed E-state index contributed by atoms with van der Waals surface area (Å²) in [7, 11) is 1.74. The maximum atomic E-state index is 5.86. The SMILES string of the molecule is COC[C@H](Cc1ccc(C)cc1)Nc1ccccc1NCc1ccc(Cl)nc1. The number of hydrogen-bond donors (Lipinski definition) is 2. The molecule has 0 unspecified atom stereocenters. The summed E-state index contributed by atoms with van der Waals surface area (Å²) in [5.74, 6) is 0. The van der Waals surface area contributed by atoms with Crippen LogP contribution in [0.2, 0.25) is 5.15 Å². The van der Waals surface area contributed by atoms with Crippen LogP contribution in [0.1, 0.15) is 16.7 Å². The summed E-state index contributed by atoms with van der Waals surface area (Å²) in [6, 6.07) is 20.8. The molecule has 0 radical (unpaired) electrons. The lowest BCUT2D eigenvalue weighted by Crippen LogP contribution is -2.28. The van der Waals surface area contributed by atoms with Gasteiger partial charge in [-0.2, -0.15) is 0 Å². The van der Waals surface area contributed by atoms with E-state index < -0.39 is 0 Å². The summed E-state index contributed by atoms with van der Waals surface area (Å²) in [5.41, 5.74) is 5.73. The van der Waals surface area contributed by atoms with Gasteiger partial charge in [0.1, 0.15) is 5.15 Å². The highest BCUT2D eigenvalue weighted by atomic mass is 35.5. The quantitative estimate of drug-likeness (QED) is 0.481. The summed E-state index contributed by atoms with van der Waals surface area (Å²) in [5, 5.41) is 7.62. The van der Waals surface area contributed by atoms with Crippen LogP contribution in [0, 0.1) is 6.92 Å². The topological polar surface area (TPSA) is 46.2 Å². The van der Waals surface area contributed by atoms with Gasteiger partial charge < -0.3 is 15.4 Å². The van der Waals surface area contributed by atoms with E-state index in [1.807, 2.05) is 18.2 Å². The predicted octanol–water partition coefficient (Wildman–Crippen LogP) is 5.33. The van der Waals surface area contributed by atoms with Gasteiger partial charge in [-0.1, -0.05) is 59.6 Å². The van der Waals surface area contributed by atoms with E-state index in [-0.39, 0.29) is 6.04 Å². The summed E-state index contributed by atoms with van der Waals surface area (Å²) >= 11 is 5.86. The number of para-hydroxylation sites is 2. The molecule has 1 atom stereocenters. The summed E-state index contributed by atoms with van der Waals surface area (Å²) < 4.78 is 5.45. The van der Waals surface area contributed by atoms with Crippen molar-refractivity contribution in [1.29, 1.82) is 0 Å². The first-order valence-electron chi connectivity index (χ1n) is 9.38. The number of ether oxygens (including phenoxy) is 1. The molecule has 0 bridgehead atoms. The molecule has 0 aliphatic rings. The Balaban J connectivity index is 1.68. The second-order valence-electron chi connectivity index (χ2n) is 6.87. The van der Waals surface area contributed by atoms with E-state index in [1.165, 1.54) is 11.1 Å². The van der Waals surface area contributed by atoms with Gasteiger partial charge in [-0.25, -0.2) is 4.98 Å². The fourth-order valence-corrected chi connectivity index (χ4v) is 3.16. The van der Waals surface area contributed by atoms with Crippen LogP contribution in [-0.4, -0.2) is 24.7 Å². The molecule has 3 aromatic rings. The molecule has 1 aromatic heterocycles. The fourth-order valence-electron chi connectivity index (χ4n) is 3.05. The van der Waals surface area contributed by atoms with Crippen molar-refractivity contribution in [2.45, 2.75) is 25.9 Å². The fraction of sp³-hybridized carbons (Fsp3) is 0.261. The first kappa shape index (κ1) is 20.2. The van der Waals surface area contributed by atoms with Gasteiger partial charge in [0, 0.05) is 19.9 Å². The summed E-state index contributed by atoms with van der Waals surface area (Å²) in [4.78, 5) is 4.13. The lowest BCUT2D eigenvalue weighted by molar-refractivity contribution is 0.185. The number of nitrogens with zero attached hydrogens (tertiary/aromatic N) is 1. The third kappa shape index (κ3) is 5.98. The van der Waals surface area contributed by atoms with E-state index in [4.69, 9.17) is 16.3 Å². The normalized spacial score (nSPS) is 11.8. The minimum Gasteiger partial charge on any atom is -0.383 e. The van der Waals surface area contributed by atoms with Crippen LogP contribution in [0.5, 0.6) is 0 Å². The molecular weight excluding hydrogens is 370 g/mol. The van der Waals surface area contributed by atoms with Gasteiger partial charge in [0.25, 0.3) is 0 Å². The minimum atomic E-state index is 0.174. The average Bonchev–Trinajstić information content (AvgIpc) is 2.70. The first-order valence-corrected chi connectivity index (χ1v) is 9.76. The van der Waals surface area contributed by atoms with Gasteiger partial charge >= 0.3 is 0 Å². The number of pyridine rings is 1. The van der Waals surface area contributed by atoms with E-state index >= 15 is 0 Å². The second-order valence-corrected chi connectivity index (χ2v) is 7.26. The number of halogens is 1. The molecule has 5 heteroatoms. The minimum absolute atomic E-state index is 0.174. The third-order valence-electron chi connectivity index (χ3n) is 4.53. The van der Waals surface area contributed by atoms with Crippen molar-refractivity contribution in [3.8, 4) is 0 Å². The van der Waals surface area contributed by atoms with Crippen LogP contribution in [0.4, 0.5) is 11.4 Å². The average molecular weight is 396 g/mol. The zero-order chi connectivity index (χ0) is 19.8. The molecule has 0 fully saturated rings. The lowest BCUT2D eigenvalue weighted by atomic mass is 10.0. The highest BCUT2D eigenvalue weighted by molar-refractivity contribution is 6.29. The molecule has 0 spiro atoms.